The molecule has 4 rings (SSSR count). The number of nitrogens with zero attached hydrogens (tertiary/aromatic N) is 2. The smallest absolute Gasteiger partial charge is 0.250 e. The minimum Gasteiger partial charge on any atom is -0.493 e. The van der Waals surface area contributed by atoms with Crippen LogP contribution in [0.5, 0.6) is 28.7 Å². The van der Waals surface area contributed by atoms with E-state index in [-0.39, 0.29) is 11.9 Å². The average Bonchev–Trinajstić information content (AvgIpc) is 3.17. The predicted molar refractivity (Wildman–Crippen MR) is 149 cm³/mol. The Labute approximate surface area is 231 Å². The molecule has 2 aliphatic rings. The highest BCUT2D eigenvalue weighted by Crippen LogP contribution is 2.39. The molecule has 9 nitrogen and oxygen atoms in total. The highest BCUT2D eigenvalue weighted by atomic mass is 16.5. The van der Waals surface area contributed by atoms with E-state index in [1.165, 1.54) is 5.56 Å². The largest absolute Gasteiger partial charge is 0.493 e. The third-order valence-electron chi connectivity index (χ3n) is 7.46. The van der Waals surface area contributed by atoms with Gasteiger partial charge in [-0.05, 0) is 66.3 Å². The molecule has 9 heteroatoms. The minimum atomic E-state index is -0.0627. The number of carbonyl (C=O) groups excluding carboxylic acids is 1. The van der Waals surface area contributed by atoms with Gasteiger partial charge in [-0.3, -0.25) is 9.69 Å². The van der Waals surface area contributed by atoms with Crippen LogP contribution >= 0.6 is 0 Å². The van der Waals surface area contributed by atoms with Gasteiger partial charge in [0, 0.05) is 38.9 Å². The lowest BCUT2D eigenvalue weighted by molar-refractivity contribution is -0.133. The summed E-state index contributed by atoms with van der Waals surface area (Å²) in [6.45, 7) is 3.22. The van der Waals surface area contributed by atoms with Gasteiger partial charge in [-0.25, -0.2) is 0 Å². The topological polar surface area (TPSA) is 78.9 Å². The summed E-state index contributed by atoms with van der Waals surface area (Å²) in [5, 5.41) is 0. The predicted octanol–water partition coefficient (Wildman–Crippen LogP) is 3.81. The van der Waals surface area contributed by atoms with Crippen molar-refractivity contribution in [2.75, 3.05) is 68.9 Å². The molecule has 1 aliphatic carbocycles. The van der Waals surface area contributed by atoms with Crippen LogP contribution in [0.3, 0.4) is 0 Å². The molecule has 0 saturated carbocycles. The van der Waals surface area contributed by atoms with Crippen molar-refractivity contribution in [1.29, 1.82) is 0 Å². The van der Waals surface area contributed by atoms with Gasteiger partial charge in [0.2, 0.25) is 11.7 Å². The molecule has 0 N–H and O–H groups in total. The fourth-order valence-corrected chi connectivity index (χ4v) is 5.52. The van der Waals surface area contributed by atoms with Crippen LogP contribution in [0.25, 0.3) is 6.08 Å². The van der Waals surface area contributed by atoms with Crippen molar-refractivity contribution >= 4 is 12.0 Å². The third-order valence-corrected chi connectivity index (χ3v) is 7.46. The summed E-state index contributed by atoms with van der Waals surface area (Å²) in [5.41, 5.74) is 4.05. The number of methoxy groups -OCH3 is 6. The van der Waals surface area contributed by atoms with Gasteiger partial charge in [0.25, 0.3) is 0 Å². The Balaban J connectivity index is 1.53. The highest BCUT2D eigenvalue weighted by molar-refractivity contribution is 5.98. The number of aryl methyl sites for hydroxylation is 1. The van der Waals surface area contributed by atoms with E-state index in [1.807, 2.05) is 35.2 Å². The van der Waals surface area contributed by atoms with Gasteiger partial charge in [0.05, 0.1) is 48.2 Å². The number of benzene rings is 2. The van der Waals surface area contributed by atoms with Crippen molar-refractivity contribution in [2.24, 2.45) is 0 Å². The van der Waals surface area contributed by atoms with Crippen LogP contribution < -0.4 is 23.7 Å². The van der Waals surface area contributed by atoms with Crippen LogP contribution in [0.15, 0.2) is 29.8 Å². The van der Waals surface area contributed by atoms with E-state index in [2.05, 4.69) is 4.90 Å². The van der Waals surface area contributed by atoms with E-state index in [0.717, 1.165) is 42.5 Å². The third kappa shape index (κ3) is 6.25. The number of piperazine rings is 1. The normalized spacial score (nSPS) is 17.5. The maximum atomic E-state index is 13.9. The number of hydrogen-bond acceptors (Lipinski definition) is 8. The number of rotatable bonds is 10. The van der Waals surface area contributed by atoms with Crippen molar-refractivity contribution in [2.45, 2.75) is 31.8 Å². The monoisotopic (exact) mass is 540 g/mol. The summed E-state index contributed by atoms with van der Waals surface area (Å²) < 4.78 is 33.1. The summed E-state index contributed by atoms with van der Waals surface area (Å²) in [6.07, 6.45) is 4.53. The first-order chi connectivity index (χ1) is 19.0. The van der Waals surface area contributed by atoms with Gasteiger partial charge in [-0.15, -0.1) is 0 Å². The standard InChI is InChI=1S/C30H40N2O7/c1-34-19-24-18-31(17-20-12-27(37-4)29(39-6)28(13-20)38-5)10-11-32(24)30(33)22-9-7-8-21-15-25(35-2)26(36-3)16-23(21)14-22/h12-16,24H,7-11,17-19H2,1-6H3. The Morgan fingerprint density at radius 1 is 0.821 bits per heavy atom. The van der Waals surface area contributed by atoms with Crippen molar-refractivity contribution < 1.29 is 33.2 Å². The summed E-state index contributed by atoms with van der Waals surface area (Å²) >= 11 is 0. The first-order valence-electron chi connectivity index (χ1n) is 13.2. The molecule has 1 amide bonds. The molecule has 1 saturated heterocycles. The number of hydrogen-bond donors (Lipinski definition) is 0. The molecule has 1 fully saturated rings. The molecule has 1 aliphatic heterocycles. The fourth-order valence-electron chi connectivity index (χ4n) is 5.52. The molecule has 39 heavy (non-hydrogen) atoms. The molecule has 1 heterocycles. The quantitative estimate of drug-likeness (QED) is 0.450. The second-order valence-electron chi connectivity index (χ2n) is 9.81. The molecule has 1 atom stereocenters. The zero-order valence-electron chi connectivity index (χ0n) is 23.9. The zero-order valence-corrected chi connectivity index (χ0v) is 23.9. The summed E-state index contributed by atoms with van der Waals surface area (Å²) in [4.78, 5) is 18.2. The molecular formula is C30H40N2O7. The van der Waals surface area contributed by atoms with Crippen LogP contribution in [0.1, 0.15) is 29.5 Å². The molecule has 212 valence electrons. The van der Waals surface area contributed by atoms with Gasteiger partial charge in [-0.1, -0.05) is 0 Å². The maximum Gasteiger partial charge on any atom is 0.250 e. The van der Waals surface area contributed by atoms with Crippen molar-refractivity contribution in [3.05, 3.63) is 46.5 Å². The van der Waals surface area contributed by atoms with E-state index in [4.69, 9.17) is 28.4 Å². The Bertz CT molecular complexity index is 1170. The van der Waals surface area contributed by atoms with Gasteiger partial charge < -0.3 is 33.3 Å². The van der Waals surface area contributed by atoms with Crippen LogP contribution in [-0.2, 0) is 22.5 Å². The SMILES string of the molecule is COCC1CN(Cc2cc(OC)c(OC)c(OC)c2)CCN1C(=O)C1=Cc2cc(OC)c(OC)cc2CCC1. The summed E-state index contributed by atoms with van der Waals surface area (Å²) in [7, 11) is 9.79. The average molecular weight is 541 g/mol. The Hall–Kier alpha value is -3.43. The molecule has 0 spiro atoms. The minimum absolute atomic E-state index is 0.0627. The van der Waals surface area contributed by atoms with Gasteiger partial charge in [0.1, 0.15) is 0 Å². The van der Waals surface area contributed by atoms with E-state index in [9.17, 15) is 4.79 Å². The van der Waals surface area contributed by atoms with Gasteiger partial charge >= 0.3 is 0 Å². The van der Waals surface area contributed by atoms with Crippen molar-refractivity contribution in [3.8, 4) is 28.7 Å². The van der Waals surface area contributed by atoms with Crippen molar-refractivity contribution in [1.82, 2.24) is 9.80 Å². The number of ether oxygens (including phenoxy) is 6. The second-order valence-corrected chi connectivity index (χ2v) is 9.81. The first kappa shape index (κ1) is 28.6. The first-order valence-corrected chi connectivity index (χ1v) is 13.2. The molecular weight excluding hydrogens is 500 g/mol. The van der Waals surface area contributed by atoms with Crippen LogP contribution in [-0.4, -0.2) is 90.6 Å². The van der Waals surface area contributed by atoms with E-state index < -0.39 is 0 Å². The number of carbonyl (C=O) groups is 1. The lowest BCUT2D eigenvalue weighted by atomic mass is 10.0. The highest BCUT2D eigenvalue weighted by Gasteiger charge is 2.32. The lowest BCUT2D eigenvalue weighted by Gasteiger charge is -2.41. The zero-order chi connectivity index (χ0) is 27.9. The molecule has 2 aromatic rings. The molecule has 2 aromatic carbocycles. The molecule has 1 unspecified atom stereocenters. The van der Waals surface area contributed by atoms with Gasteiger partial charge in [-0.2, -0.15) is 0 Å². The number of amides is 1. The molecule has 0 radical (unpaired) electrons. The summed E-state index contributed by atoms with van der Waals surface area (Å²) in [5.74, 6) is 3.28. The Morgan fingerprint density at radius 2 is 1.49 bits per heavy atom. The molecule has 0 bridgehead atoms. The van der Waals surface area contributed by atoms with Crippen LogP contribution in [0, 0.1) is 0 Å². The maximum absolute atomic E-state index is 13.9. The fraction of sp³-hybridized carbons (Fsp3) is 0.500. The lowest BCUT2D eigenvalue weighted by Crippen LogP contribution is -2.56. The number of fused-ring (bicyclic) bond motifs is 1. The van der Waals surface area contributed by atoms with E-state index in [0.29, 0.717) is 55.0 Å². The van der Waals surface area contributed by atoms with Crippen LogP contribution in [0.2, 0.25) is 0 Å². The van der Waals surface area contributed by atoms with Crippen molar-refractivity contribution in [3.63, 3.8) is 0 Å². The van der Waals surface area contributed by atoms with Gasteiger partial charge in [0.15, 0.2) is 23.0 Å². The second kappa shape index (κ2) is 13.1. The Kier molecular flexibility index (Phi) is 9.59. The van der Waals surface area contributed by atoms with E-state index >= 15 is 0 Å². The van der Waals surface area contributed by atoms with E-state index in [1.54, 1.807) is 42.7 Å². The Morgan fingerprint density at radius 3 is 2.10 bits per heavy atom. The molecule has 0 aromatic heterocycles. The van der Waals surface area contributed by atoms with Crippen LogP contribution in [0.4, 0.5) is 0 Å². The summed E-state index contributed by atoms with van der Waals surface area (Å²) in [6, 6.07) is 7.87.